The monoisotopic (exact) mass is 336 g/mol. The molecule has 1 rings (SSSR count). The topological polar surface area (TPSA) is 105 Å². The predicted molar refractivity (Wildman–Crippen MR) is 89.0 cm³/mol. The van der Waals surface area contributed by atoms with Crippen molar-refractivity contribution in [3.63, 3.8) is 0 Å². The Morgan fingerprint density at radius 1 is 1.12 bits per heavy atom. The van der Waals surface area contributed by atoms with E-state index in [2.05, 4.69) is 10.6 Å². The maximum absolute atomic E-state index is 12.3. The minimum atomic E-state index is -1.06. The molecule has 2 amide bonds. The highest BCUT2D eigenvalue weighted by atomic mass is 16.5. The van der Waals surface area contributed by atoms with Crippen molar-refractivity contribution in [3.8, 4) is 0 Å². The molecule has 132 valence electrons. The van der Waals surface area contributed by atoms with Crippen LogP contribution in [0.15, 0.2) is 24.3 Å². The lowest BCUT2D eigenvalue weighted by Gasteiger charge is -2.20. The Balaban J connectivity index is 2.75. The number of ether oxygens (including phenoxy) is 1. The van der Waals surface area contributed by atoms with E-state index in [0.29, 0.717) is 25.1 Å². The van der Waals surface area contributed by atoms with Gasteiger partial charge in [-0.05, 0) is 36.6 Å². The minimum absolute atomic E-state index is 0.0996. The van der Waals surface area contributed by atoms with Crippen molar-refractivity contribution in [2.45, 2.75) is 26.3 Å². The van der Waals surface area contributed by atoms with E-state index in [1.165, 1.54) is 24.3 Å². The van der Waals surface area contributed by atoms with Crippen molar-refractivity contribution >= 4 is 17.8 Å². The molecule has 7 heteroatoms. The third kappa shape index (κ3) is 6.37. The number of carbonyl (C=O) groups is 3. The van der Waals surface area contributed by atoms with Gasteiger partial charge in [-0.25, -0.2) is 4.79 Å². The quantitative estimate of drug-likeness (QED) is 0.590. The highest BCUT2D eigenvalue weighted by molar-refractivity contribution is 5.98. The smallest absolute Gasteiger partial charge is 0.335 e. The molecule has 0 aliphatic carbocycles. The number of amides is 2. The summed E-state index contributed by atoms with van der Waals surface area (Å²) >= 11 is 0. The Bertz CT molecular complexity index is 569. The molecule has 1 aromatic carbocycles. The van der Waals surface area contributed by atoms with Crippen LogP contribution in [0.1, 0.15) is 41.0 Å². The summed E-state index contributed by atoms with van der Waals surface area (Å²) in [5.74, 6) is -1.52. The van der Waals surface area contributed by atoms with Gasteiger partial charge in [-0.2, -0.15) is 0 Å². The summed E-state index contributed by atoms with van der Waals surface area (Å²) in [5, 5.41) is 14.3. The largest absolute Gasteiger partial charge is 0.478 e. The number of carboxylic acids is 1. The molecule has 0 unspecified atom stereocenters. The van der Waals surface area contributed by atoms with Gasteiger partial charge in [-0.1, -0.05) is 13.8 Å². The fraction of sp³-hybridized carbons (Fsp3) is 0.471. The van der Waals surface area contributed by atoms with Crippen LogP contribution >= 0.6 is 0 Å². The molecule has 1 atom stereocenters. The van der Waals surface area contributed by atoms with E-state index in [1.807, 2.05) is 13.8 Å². The zero-order chi connectivity index (χ0) is 18.1. The van der Waals surface area contributed by atoms with Gasteiger partial charge in [0, 0.05) is 19.2 Å². The lowest BCUT2D eigenvalue weighted by molar-refractivity contribution is -0.123. The summed E-state index contributed by atoms with van der Waals surface area (Å²) in [6.45, 7) is 4.68. The number of aromatic carboxylic acids is 1. The van der Waals surface area contributed by atoms with Crippen LogP contribution in [-0.4, -0.2) is 49.2 Å². The number of rotatable bonds is 9. The molecule has 0 aliphatic heterocycles. The first-order valence-electron chi connectivity index (χ1n) is 7.76. The SMILES string of the molecule is COCCNC(=O)[C@H](CC(C)C)NC(=O)c1ccc(C(=O)O)cc1. The van der Waals surface area contributed by atoms with Gasteiger partial charge in [0.15, 0.2) is 0 Å². The van der Waals surface area contributed by atoms with Crippen LogP contribution in [0.2, 0.25) is 0 Å². The molecule has 0 radical (unpaired) electrons. The minimum Gasteiger partial charge on any atom is -0.478 e. The molecule has 0 spiro atoms. The molecular weight excluding hydrogens is 312 g/mol. The van der Waals surface area contributed by atoms with Crippen molar-refractivity contribution < 1.29 is 24.2 Å². The van der Waals surface area contributed by atoms with Gasteiger partial charge < -0.3 is 20.5 Å². The van der Waals surface area contributed by atoms with Gasteiger partial charge in [0.25, 0.3) is 5.91 Å². The number of carboxylic acid groups (broad SMARTS) is 1. The second-order valence-electron chi connectivity index (χ2n) is 5.82. The highest BCUT2D eigenvalue weighted by Gasteiger charge is 2.22. The van der Waals surface area contributed by atoms with Gasteiger partial charge in [0.05, 0.1) is 12.2 Å². The van der Waals surface area contributed by atoms with Crippen LogP contribution in [0.5, 0.6) is 0 Å². The maximum Gasteiger partial charge on any atom is 0.335 e. The zero-order valence-corrected chi connectivity index (χ0v) is 14.2. The standard InChI is InChI=1S/C17H24N2O5/c1-11(2)10-14(16(21)18-8-9-24-3)19-15(20)12-4-6-13(7-5-12)17(22)23/h4-7,11,14H,8-10H2,1-3H3,(H,18,21)(H,19,20)(H,22,23)/t14-/m0/s1. The Hall–Kier alpha value is -2.41. The van der Waals surface area contributed by atoms with Crippen LogP contribution in [0.3, 0.4) is 0 Å². The second-order valence-corrected chi connectivity index (χ2v) is 5.82. The fourth-order valence-corrected chi connectivity index (χ4v) is 2.11. The van der Waals surface area contributed by atoms with Crippen LogP contribution in [0, 0.1) is 5.92 Å². The Morgan fingerprint density at radius 2 is 1.71 bits per heavy atom. The lowest BCUT2D eigenvalue weighted by Crippen LogP contribution is -2.48. The Labute approximate surface area is 141 Å². The summed E-state index contributed by atoms with van der Waals surface area (Å²) in [5.41, 5.74) is 0.404. The summed E-state index contributed by atoms with van der Waals surface area (Å²) in [7, 11) is 1.54. The number of carbonyl (C=O) groups excluding carboxylic acids is 2. The van der Waals surface area contributed by atoms with Gasteiger partial charge in [-0.3, -0.25) is 9.59 Å². The molecule has 0 aromatic heterocycles. The normalized spacial score (nSPS) is 11.8. The van der Waals surface area contributed by atoms with Gasteiger partial charge in [0.1, 0.15) is 6.04 Å². The number of hydrogen-bond acceptors (Lipinski definition) is 4. The summed E-state index contributed by atoms with van der Waals surface area (Å²) < 4.78 is 4.88. The van der Waals surface area contributed by atoms with Crippen molar-refractivity contribution in [2.24, 2.45) is 5.92 Å². The van der Waals surface area contributed by atoms with E-state index in [1.54, 1.807) is 7.11 Å². The maximum atomic E-state index is 12.3. The molecule has 24 heavy (non-hydrogen) atoms. The van der Waals surface area contributed by atoms with E-state index in [0.717, 1.165) is 0 Å². The molecule has 0 aliphatic rings. The van der Waals surface area contributed by atoms with Crippen molar-refractivity contribution in [3.05, 3.63) is 35.4 Å². The van der Waals surface area contributed by atoms with Crippen molar-refractivity contribution in [1.82, 2.24) is 10.6 Å². The van der Waals surface area contributed by atoms with Gasteiger partial charge in [-0.15, -0.1) is 0 Å². The van der Waals surface area contributed by atoms with Crippen molar-refractivity contribution in [1.29, 1.82) is 0 Å². The molecule has 0 bridgehead atoms. The first-order chi connectivity index (χ1) is 11.3. The van der Waals surface area contributed by atoms with Crippen LogP contribution in [0.25, 0.3) is 0 Å². The fourth-order valence-electron chi connectivity index (χ4n) is 2.11. The van der Waals surface area contributed by atoms with E-state index >= 15 is 0 Å². The lowest BCUT2D eigenvalue weighted by atomic mass is 10.0. The van der Waals surface area contributed by atoms with Crippen molar-refractivity contribution in [2.75, 3.05) is 20.3 Å². The van der Waals surface area contributed by atoms with Crippen LogP contribution in [-0.2, 0) is 9.53 Å². The molecule has 7 nitrogen and oxygen atoms in total. The molecule has 3 N–H and O–H groups in total. The zero-order valence-electron chi connectivity index (χ0n) is 14.2. The van der Waals surface area contributed by atoms with Crippen LogP contribution < -0.4 is 10.6 Å². The van der Waals surface area contributed by atoms with Crippen LogP contribution in [0.4, 0.5) is 0 Å². The number of methoxy groups -OCH3 is 1. The van der Waals surface area contributed by atoms with E-state index in [4.69, 9.17) is 9.84 Å². The Morgan fingerprint density at radius 3 is 2.21 bits per heavy atom. The Kier molecular flexibility index (Phi) is 7.91. The average molecular weight is 336 g/mol. The third-order valence-electron chi connectivity index (χ3n) is 3.33. The molecule has 1 aromatic rings. The van der Waals surface area contributed by atoms with E-state index < -0.39 is 17.9 Å². The molecule has 0 heterocycles. The highest BCUT2D eigenvalue weighted by Crippen LogP contribution is 2.08. The molecule has 0 fully saturated rings. The summed E-state index contributed by atoms with van der Waals surface area (Å²) in [4.78, 5) is 35.3. The average Bonchev–Trinajstić information content (AvgIpc) is 2.54. The van der Waals surface area contributed by atoms with E-state index in [-0.39, 0.29) is 17.4 Å². The number of benzene rings is 1. The summed E-state index contributed by atoms with van der Waals surface area (Å²) in [6.07, 6.45) is 0.498. The molecule has 0 saturated carbocycles. The summed E-state index contributed by atoms with van der Waals surface area (Å²) in [6, 6.07) is 4.90. The number of nitrogens with one attached hydrogen (secondary N) is 2. The first kappa shape index (κ1) is 19.6. The number of hydrogen-bond donors (Lipinski definition) is 3. The molecular formula is C17H24N2O5. The van der Waals surface area contributed by atoms with Gasteiger partial charge in [0.2, 0.25) is 5.91 Å². The van der Waals surface area contributed by atoms with E-state index in [9.17, 15) is 14.4 Å². The third-order valence-corrected chi connectivity index (χ3v) is 3.33. The predicted octanol–water partition coefficient (Wildman–Crippen LogP) is 1.29. The molecule has 0 saturated heterocycles. The van der Waals surface area contributed by atoms with Gasteiger partial charge >= 0.3 is 5.97 Å². The second kappa shape index (κ2) is 9.67. The first-order valence-corrected chi connectivity index (χ1v) is 7.76.